The van der Waals surface area contributed by atoms with Crippen molar-refractivity contribution in [2.24, 2.45) is 0 Å². The van der Waals surface area contributed by atoms with Crippen molar-refractivity contribution in [3.8, 4) is 16.3 Å². The molecule has 1 aliphatic heterocycles. The lowest BCUT2D eigenvalue weighted by Crippen LogP contribution is -2.46. The largest absolute Gasteiger partial charge is 0.369 e. The number of aromatic nitrogens is 2. The third-order valence-electron chi connectivity index (χ3n) is 6.67. The number of piperazine rings is 1. The molecule has 5 heteroatoms. The Morgan fingerprint density at radius 3 is 2.36 bits per heavy atom. The van der Waals surface area contributed by atoms with Gasteiger partial charge in [0.15, 0.2) is 0 Å². The Morgan fingerprint density at radius 1 is 0.818 bits per heavy atom. The minimum Gasteiger partial charge on any atom is -0.369 e. The molecule has 3 heterocycles. The smallest absolute Gasteiger partial charge is 0.0843 e. The molecule has 33 heavy (non-hydrogen) atoms. The number of thiophene rings is 1. The Balaban J connectivity index is 1.18. The van der Waals surface area contributed by atoms with Crippen LogP contribution in [0.4, 0.5) is 5.69 Å². The fourth-order valence-electron chi connectivity index (χ4n) is 4.55. The van der Waals surface area contributed by atoms with Crippen molar-refractivity contribution in [2.45, 2.75) is 26.7 Å². The van der Waals surface area contributed by atoms with Gasteiger partial charge in [-0.25, -0.2) is 4.68 Å². The summed E-state index contributed by atoms with van der Waals surface area (Å²) in [5, 5.41) is 7.12. The maximum absolute atomic E-state index is 4.98. The topological polar surface area (TPSA) is 24.3 Å². The van der Waals surface area contributed by atoms with Crippen LogP contribution >= 0.6 is 11.3 Å². The van der Waals surface area contributed by atoms with E-state index in [9.17, 15) is 0 Å². The zero-order valence-electron chi connectivity index (χ0n) is 19.6. The second kappa shape index (κ2) is 9.94. The highest BCUT2D eigenvalue weighted by atomic mass is 32.1. The first-order valence-corrected chi connectivity index (χ1v) is 12.8. The lowest BCUT2D eigenvalue weighted by atomic mass is 10.1. The van der Waals surface area contributed by atoms with Gasteiger partial charge in [-0.2, -0.15) is 5.10 Å². The summed E-state index contributed by atoms with van der Waals surface area (Å²) in [5.74, 6) is 0. The Morgan fingerprint density at radius 2 is 1.64 bits per heavy atom. The van der Waals surface area contributed by atoms with E-state index in [1.165, 1.54) is 33.1 Å². The molecule has 0 N–H and O–H groups in total. The van der Waals surface area contributed by atoms with E-state index in [-0.39, 0.29) is 0 Å². The van der Waals surface area contributed by atoms with Crippen LogP contribution in [0.2, 0.25) is 0 Å². The molecule has 5 rings (SSSR count). The summed E-state index contributed by atoms with van der Waals surface area (Å²) in [6, 6.07) is 23.9. The Hall–Kier alpha value is -2.89. The third kappa shape index (κ3) is 5.05. The Labute approximate surface area is 201 Å². The van der Waals surface area contributed by atoms with Gasteiger partial charge in [0.2, 0.25) is 0 Å². The summed E-state index contributed by atoms with van der Waals surface area (Å²) < 4.78 is 2.10. The van der Waals surface area contributed by atoms with E-state index in [0.29, 0.717) is 0 Å². The van der Waals surface area contributed by atoms with E-state index in [4.69, 9.17) is 5.10 Å². The number of nitrogens with zero attached hydrogens (tertiary/aromatic N) is 4. The number of anilines is 1. The highest BCUT2D eigenvalue weighted by Gasteiger charge is 2.18. The highest BCUT2D eigenvalue weighted by molar-refractivity contribution is 7.13. The first-order chi connectivity index (χ1) is 16.2. The molecule has 170 valence electrons. The van der Waals surface area contributed by atoms with Crippen LogP contribution in [0.25, 0.3) is 16.3 Å². The molecular weight excluding hydrogens is 424 g/mol. The number of rotatable bonds is 7. The standard InChI is InChI=1S/C28H32N4S/c1-22-12-13-26(20-23(22)2)31-17-15-30(16-18-31)14-6-8-24-21-27(28-11-7-19-33-28)32(29-24)25-9-4-3-5-10-25/h3-5,7,9-13,19-21H,6,8,14-18H2,1-2H3. The van der Waals surface area contributed by atoms with Gasteiger partial charge >= 0.3 is 0 Å². The van der Waals surface area contributed by atoms with Crippen LogP contribution in [0, 0.1) is 13.8 Å². The number of para-hydroxylation sites is 1. The van der Waals surface area contributed by atoms with Crippen molar-refractivity contribution in [2.75, 3.05) is 37.6 Å². The number of aryl methyl sites for hydroxylation is 3. The summed E-state index contributed by atoms with van der Waals surface area (Å²) >= 11 is 1.77. The van der Waals surface area contributed by atoms with Crippen molar-refractivity contribution in [3.05, 3.63) is 88.9 Å². The predicted molar refractivity (Wildman–Crippen MR) is 140 cm³/mol. The summed E-state index contributed by atoms with van der Waals surface area (Å²) in [4.78, 5) is 6.39. The number of hydrogen-bond donors (Lipinski definition) is 0. The normalized spacial score (nSPS) is 14.7. The van der Waals surface area contributed by atoms with Crippen molar-refractivity contribution in [1.82, 2.24) is 14.7 Å². The second-order valence-electron chi connectivity index (χ2n) is 8.95. The monoisotopic (exact) mass is 456 g/mol. The fraction of sp³-hybridized carbons (Fsp3) is 0.321. The molecule has 2 aromatic carbocycles. The molecule has 1 aliphatic rings. The van der Waals surface area contributed by atoms with E-state index in [0.717, 1.165) is 51.3 Å². The van der Waals surface area contributed by atoms with Crippen LogP contribution in [0.1, 0.15) is 23.2 Å². The molecule has 0 saturated carbocycles. The summed E-state index contributed by atoms with van der Waals surface area (Å²) in [6.07, 6.45) is 2.15. The highest BCUT2D eigenvalue weighted by Crippen LogP contribution is 2.28. The average Bonchev–Trinajstić information content (AvgIpc) is 3.52. The molecule has 4 aromatic rings. The van der Waals surface area contributed by atoms with E-state index in [2.05, 4.69) is 100 Å². The average molecular weight is 457 g/mol. The maximum Gasteiger partial charge on any atom is 0.0843 e. The zero-order valence-corrected chi connectivity index (χ0v) is 20.4. The van der Waals surface area contributed by atoms with Gasteiger partial charge in [0, 0.05) is 31.9 Å². The summed E-state index contributed by atoms with van der Waals surface area (Å²) in [7, 11) is 0. The van der Waals surface area contributed by atoms with E-state index in [1.54, 1.807) is 11.3 Å². The Bertz CT molecular complexity index is 1170. The second-order valence-corrected chi connectivity index (χ2v) is 9.89. The Kier molecular flexibility index (Phi) is 6.60. The molecule has 4 nitrogen and oxygen atoms in total. The first kappa shape index (κ1) is 21.9. The molecule has 0 unspecified atom stereocenters. The van der Waals surface area contributed by atoms with Crippen LogP contribution < -0.4 is 4.90 Å². The predicted octanol–water partition coefficient (Wildman–Crippen LogP) is 5.97. The minimum atomic E-state index is 1.01. The molecule has 0 aliphatic carbocycles. The van der Waals surface area contributed by atoms with Gasteiger partial charge in [0.1, 0.15) is 0 Å². The van der Waals surface area contributed by atoms with Crippen molar-refractivity contribution >= 4 is 17.0 Å². The van der Waals surface area contributed by atoms with Gasteiger partial charge in [0.05, 0.1) is 22.0 Å². The fourth-order valence-corrected chi connectivity index (χ4v) is 5.28. The van der Waals surface area contributed by atoms with Crippen LogP contribution in [0.3, 0.4) is 0 Å². The van der Waals surface area contributed by atoms with Gasteiger partial charge in [0.25, 0.3) is 0 Å². The van der Waals surface area contributed by atoms with Crippen LogP contribution in [-0.4, -0.2) is 47.4 Å². The lowest BCUT2D eigenvalue weighted by molar-refractivity contribution is 0.255. The molecule has 2 aromatic heterocycles. The SMILES string of the molecule is Cc1ccc(N2CCN(CCCc3cc(-c4cccs4)n(-c4ccccc4)n3)CC2)cc1C. The molecule has 0 atom stereocenters. The van der Waals surface area contributed by atoms with Crippen molar-refractivity contribution in [1.29, 1.82) is 0 Å². The van der Waals surface area contributed by atoms with Crippen molar-refractivity contribution in [3.63, 3.8) is 0 Å². The third-order valence-corrected chi connectivity index (χ3v) is 7.56. The molecule has 1 fully saturated rings. The van der Waals surface area contributed by atoms with Gasteiger partial charge < -0.3 is 4.90 Å². The van der Waals surface area contributed by atoms with Crippen LogP contribution in [0.5, 0.6) is 0 Å². The molecule has 0 spiro atoms. The van der Waals surface area contributed by atoms with Crippen LogP contribution in [0.15, 0.2) is 72.1 Å². The summed E-state index contributed by atoms with van der Waals surface area (Å²) in [5.41, 5.74) is 7.60. The molecule has 1 saturated heterocycles. The number of hydrogen-bond acceptors (Lipinski definition) is 4. The quantitative estimate of drug-likeness (QED) is 0.342. The van der Waals surface area contributed by atoms with Gasteiger partial charge in [-0.3, -0.25) is 4.90 Å². The molecular formula is C28H32N4S. The lowest BCUT2D eigenvalue weighted by Gasteiger charge is -2.36. The minimum absolute atomic E-state index is 1.01. The number of benzene rings is 2. The van der Waals surface area contributed by atoms with Gasteiger partial charge in [-0.1, -0.05) is 30.3 Å². The molecule has 0 radical (unpaired) electrons. The van der Waals surface area contributed by atoms with Crippen molar-refractivity contribution < 1.29 is 0 Å². The van der Waals surface area contributed by atoms with Gasteiger partial charge in [-0.15, -0.1) is 11.3 Å². The molecule has 0 amide bonds. The molecule has 0 bridgehead atoms. The van der Waals surface area contributed by atoms with E-state index >= 15 is 0 Å². The van der Waals surface area contributed by atoms with Crippen LogP contribution in [-0.2, 0) is 6.42 Å². The van der Waals surface area contributed by atoms with E-state index < -0.39 is 0 Å². The first-order valence-electron chi connectivity index (χ1n) is 11.9. The maximum atomic E-state index is 4.98. The van der Waals surface area contributed by atoms with Gasteiger partial charge in [-0.05, 0) is 86.1 Å². The summed E-state index contributed by atoms with van der Waals surface area (Å²) in [6.45, 7) is 9.99. The zero-order chi connectivity index (χ0) is 22.6. The van der Waals surface area contributed by atoms with E-state index in [1.807, 2.05) is 0 Å².